The predicted molar refractivity (Wildman–Crippen MR) is 153 cm³/mol. The molecule has 1 saturated heterocycles. The standard InChI is InChI=1S/C31H38F6N4O3/c1-19(2)38-27(42)17-40(18-28(43)39-20(3)4)25-10-11-41(26(16-25)12-21-8-6-5-7-9-21)29(44)22-13-23(30(32,33)34)15-24(14-22)31(35,36)37/h5-9,13-15,19-20,25-26H,10-12,16-18H2,1-4H3,(H,38,42)(H,39,43). The Hall–Kier alpha value is -3.61. The molecule has 7 nitrogen and oxygen atoms in total. The molecule has 2 N–H and O–H groups in total. The maximum absolute atomic E-state index is 13.7. The summed E-state index contributed by atoms with van der Waals surface area (Å²) in [6, 6.07) is 8.54. The van der Waals surface area contributed by atoms with E-state index in [9.17, 15) is 40.7 Å². The van der Waals surface area contributed by atoms with Crippen LogP contribution in [0.2, 0.25) is 0 Å². The van der Waals surface area contributed by atoms with E-state index in [-0.39, 0.29) is 74.9 Å². The lowest BCUT2D eigenvalue weighted by Crippen LogP contribution is -2.56. The van der Waals surface area contributed by atoms with Crippen LogP contribution in [-0.4, -0.2) is 71.3 Å². The molecule has 0 spiro atoms. The molecular weight excluding hydrogens is 590 g/mol. The minimum absolute atomic E-state index is 0.00719. The number of benzene rings is 2. The van der Waals surface area contributed by atoms with E-state index < -0.39 is 41.0 Å². The highest BCUT2D eigenvalue weighted by molar-refractivity contribution is 5.95. The van der Waals surface area contributed by atoms with Gasteiger partial charge in [-0.1, -0.05) is 30.3 Å². The van der Waals surface area contributed by atoms with Crippen LogP contribution in [0.4, 0.5) is 26.3 Å². The van der Waals surface area contributed by atoms with E-state index in [4.69, 9.17) is 0 Å². The minimum atomic E-state index is -5.10. The fourth-order valence-corrected chi connectivity index (χ4v) is 5.37. The predicted octanol–water partition coefficient (Wildman–Crippen LogP) is 5.29. The SMILES string of the molecule is CC(C)NC(=O)CN(CC(=O)NC(C)C)C1CCN(C(=O)c2cc(C(F)(F)F)cc(C(F)(F)F)c2)C(Cc2ccccc2)C1. The average Bonchev–Trinajstić information content (AvgIpc) is 2.90. The lowest BCUT2D eigenvalue weighted by Gasteiger charge is -2.43. The number of likely N-dealkylation sites (tertiary alicyclic amines) is 1. The van der Waals surface area contributed by atoms with E-state index in [1.807, 2.05) is 12.1 Å². The Bertz CT molecular complexity index is 1240. The lowest BCUT2D eigenvalue weighted by atomic mass is 9.90. The number of nitrogens with zero attached hydrogens (tertiary/aromatic N) is 2. The van der Waals surface area contributed by atoms with Crippen LogP contribution >= 0.6 is 0 Å². The van der Waals surface area contributed by atoms with Gasteiger partial charge in [0.05, 0.1) is 24.2 Å². The van der Waals surface area contributed by atoms with E-state index in [1.165, 1.54) is 4.90 Å². The summed E-state index contributed by atoms with van der Waals surface area (Å²) < 4.78 is 81.3. The zero-order valence-corrected chi connectivity index (χ0v) is 25.1. The Morgan fingerprint density at radius 2 is 1.34 bits per heavy atom. The van der Waals surface area contributed by atoms with Gasteiger partial charge in [0.1, 0.15) is 0 Å². The second-order valence-electron chi connectivity index (χ2n) is 11.7. The molecule has 2 aromatic carbocycles. The summed E-state index contributed by atoms with van der Waals surface area (Å²) in [5.74, 6) is -1.57. The molecule has 3 amide bonds. The molecule has 242 valence electrons. The summed E-state index contributed by atoms with van der Waals surface area (Å²) in [5.41, 5.74) is -3.04. The average molecular weight is 629 g/mol. The lowest BCUT2D eigenvalue weighted by molar-refractivity contribution is -0.143. The normalized spacial score (nSPS) is 17.7. The van der Waals surface area contributed by atoms with E-state index in [0.29, 0.717) is 12.1 Å². The van der Waals surface area contributed by atoms with Crippen LogP contribution in [0.3, 0.4) is 0 Å². The summed E-state index contributed by atoms with van der Waals surface area (Å²) >= 11 is 0. The summed E-state index contributed by atoms with van der Waals surface area (Å²) in [7, 11) is 0. The van der Waals surface area contributed by atoms with Gasteiger partial charge in [-0.15, -0.1) is 0 Å². The molecule has 1 heterocycles. The maximum Gasteiger partial charge on any atom is 0.416 e. The molecule has 2 atom stereocenters. The van der Waals surface area contributed by atoms with Crippen molar-refractivity contribution in [2.75, 3.05) is 19.6 Å². The minimum Gasteiger partial charge on any atom is -0.353 e. The third-order valence-electron chi connectivity index (χ3n) is 7.21. The Morgan fingerprint density at radius 1 is 0.841 bits per heavy atom. The van der Waals surface area contributed by atoms with Crippen LogP contribution in [0.5, 0.6) is 0 Å². The van der Waals surface area contributed by atoms with E-state index in [1.54, 1.807) is 50.8 Å². The molecule has 1 aliphatic heterocycles. The summed E-state index contributed by atoms with van der Waals surface area (Å²) in [5, 5.41) is 5.60. The first-order valence-corrected chi connectivity index (χ1v) is 14.4. The van der Waals surface area contributed by atoms with Crippen LogP contribution < -0.4 is 10.6 Å². The Balaban J connectivity index is 1.97. The van der Waals surface area contributed by atoms with Gasteiger partial charge in [-0.05, 0) is 70.7 Å². The molecule has 0 bridgehead atoms. The van der Waals surface area contributed by atoms with Gasteiger partial charge in [-0.3, -0.25) is 19.3 Å². The first-order valence-electron chi connectivity index (χ1n) is 14.4. The molecule has 3 rings (SSSR count). The second kappa shape index (κ2) is 14.4. The summed E-state index contributed by atoms with van der Waals surface area (Å²) in [4.78, 5) is 42.2. The zero-order chi connectivity index (χ0) is 32.8. The van der Waals surface area contributed by atoms with Crippen molar-refractivity contribution in [3.05, 3.63) is 70.8 Å². The molecule has 44 heavy (non-hydrogen) atoms. The largest absolute Gasteiger partial charge is 0.416 e. The van der Waals surface area contributed by atoms with Crippen molar-refractivity contribution in [1.29, 1.82) is 0 Å². The number of alkyl halides is 6. The quantitative estimate of drug-likeness (QED) is 0.351. The number of carbonyl (C=O) groups excluding carboxylic acids is 3. The number of hydrogen-bond donors (Lipinski definition) is 2. The van der Waals surface area contributed by atoms with Crippen molar-refractivity contribution < 1.29 is 40.7 Å². The molecule has 2 aromatic rings. The van der Waals surface area contributed by atoms with Crippen LogP contribution in [0.1, 0.15) is 67.6 Å². The Morgan fingerprint density at radius 3 is 1.80 bits per heavy atom. The van der Waals surface area contributed by atoms with Crippen molar-refractivity contribution in [1.82, 2.24) is 20.4 Å². The first kappa shape index (κ1) is 34.9. The summed E-state index contributed by atoms with van der Waals surface area (Å²) in [6.07, 6.45) is -9.46. The zero-order valence-electron chi connectivity index (χ0n) is 25.1. The van der Waals surface area contributed by atoms with Crippen LogP contribution in [0.15, 0.2) is 48.5 Å². The van der Waals surface area contributed by atoms with Crippen LogP contribution in [0.25, 0.3) is 0 Å². The molecular formula is C31H38F6N4O3. The monoisotopic (exact) mass is 628 g/mol. The molecule has 0 aliphatic carbocycles. The van der Waals surface area contributed by atoms with Crippen molar-refractivity contribution >= 4 is 17.7 Å². The first-order chi connectivity index (χ1) is 20.4. The topological polar surface area (TPSA) is 81.8 Å². The molecule has 13 heteroatoms. The maximum atomic E-state index is 13.7. The molecule has 0 radical (unpaired) electrons. The third kappa shape index (κ3) is 9.96. The number of nitrogens with one attached hydrogen (secondary N) is 2. The smallest absolute Gasteiger partial charge is 0.353 e. The molecule has 0 saturated carbocycles. The van der Waals surface area contributed by atoms with E-state index >= 15 is 0 Å². The van der Waals surface area contributed by atoms with E-state index in [0.717, 1.165) is 5.56 Å². The highest BCUT2D eigenvalue weighted by atomic mass is 19.4. The number of hydrogen-bond acceptors (Lipinski definition) is 4. The second-order valence-corrected chi connectivity index (χ2v) is 11.7. The fourth-order valence-electron chi connectivity index (χ4n) is 5.37. The van der Waals surface area contributed by atoms with Gasteiger partial charge < -0.3 is 15.5 Å². The highest BCUT2D eigenvalue weighted by Crippen LogP contribution is 2.37. The molecule has 2 unspecified atom stereocenters. The Kier molecular flexibility index (Phi) is 11.5. The van der Waals surface area contributed by atoms with Gasteiger partial charge in [0.25, 0.3) is 5.91 Å². The van der Waals surface area contributed by atoms with Crippen LogP contribution in [0, 0.1) is 0 Å². The number of halogens is 6. The van der Waals surface area contributed by atoms with Gasteiger partial charge in [0.15, 0.2) is 0 Å². The Labute approximate surface area is 253 Å². The summed E-state index contributed by atoms with van der Waals surface area (Å²) in [6.45, 7) is 6.97. The third-order valence-corrected chi connectivity index (χ3v) is 7.21. The molecule has 1 aliphatic rings. The van der Waals surface area contributed by atoms with Crippen molar-refractivity contribution in [2.24, 2.45) is 0 Å². The van der Waals surface area contributed by atoms with Gasteiger partial charge in [0, 0.05) is 36.3 Å². The molecule has 0 aromatic heterocycles. The highest BCUT2D eigenvalue weighted by Gasteiger charge is 2.40. The van der Waals surface area contributed by atoms with Crippen molar-refractivity contribution in [3.63, 3.8) is 0 Å². The van der Waals surface area contributed by atoms with Crippen molar-refractivity contribution in [2.45, 2.75) is 83.5 Å². The fraction of sp³-hybridized carbons (Fsp3) is 0.516. The van der Waals surface area contributed by atoms with Gasteiger partial charge in [0.2, 0.25) is 11.8 Å². The number of piperidine rings is 1. The van der Waals surface area contributed by atoms with E-state index in [2.05, 4.69) is 10.6 Å². The molecule has 1 fully saturated rings. The number of carbonyl (C=O) groups is 3. The van der Waals surface area contributed by atoms with Crippen molar-refractivity contribution in [3.8, 4) is 0 Å². The number of amides is 3. The van der Waals surface area contributed by atoms with Crippen LogP contribution in [-0.2, 0) is 28.4 Å². The van der Waals surface area contributed by atoms with Gasteiger partial charge in [-0.2, -0.15) is 26.3 Å². The number of rotatable bonds is 10. The van der Waals surface area contributed by atoms with Gasteiger partial charge in [-0.25, -0.2) is 0 Å². The van der Waals surface area contributed by atoms with Gasteiger partial charge >= 0.3 is 12.4 Å².